The van der Waals surface area contributed by atoms with Crippen LogP contribution in [0.1, 0.15) is 24.0 Å². The Morgan fingerprint density at radius 1 is 0.763 bits per heavy atom. The molecule has 0 amide bonds. The first-order valence-electron chi connectivity index (χ1n) is 11.3. The van der Waals surface area contributed by atoms with Gasteiger partial charge in [0.2, 0.25) is 0 Å². The van der Waals surface area contributed by atoms with Crippen molar-refractivity contribution in [3.05, 3.63) is 44.3 Å². The Morgan fingerprint density at radius 3 is 1.50 bits per heavy atom. The van der Waals surface area contributed by atoms with Crippen LogP contribution in [-0.2, 0) is 0 Å². The number of nitrogens with one attached hydrogen (secondary N) is 4. The lowest BCUT2D eigenvalue weighted by Crippen LogP contribution is -2.28. The van der Waals surface area contributed by atoms with Crippen molar-refractivity contribution in [1.82, 2.24) is 21.5 Å². The molecule has 0 unspecified atom stereocenters. The molecule has 0 heterocycles. The Kier molecular flexibility index (Phi) is 14.1. The minimum atomic E-state index is 0.423. The first-order chi connectivity index (χ1) is 18.3. The Labute approximate surface area is 250 Å². The number of hydrogen-bond donors (Lipinski definition) is 4. The molecular weight excluding hydrogens is 660 g/mol. The molecule has 2 aromatic carbocycles. The predicted octanol–water partition coefficient (Wildman–Crippen LogP) is 4.32. The number of benzene rings is 2. The molecule has 2 rings (SSSR count). The number of methoxy groups -OCH3 is 2. The van der Waals surface area contributed by atoms with Crippen LogP contribution in [0.25, 0.3) is 0 Å². The molecule has 38 heavy (non-hydrogen) atoms. The van der Waals surface area contributed by atoms with Crippen molar-refractivity contribution in [2.45, 2.75) is 12.8 Å². The molecule has 206 valence electrons. The van der Waals surface area contributed by atoms with Crippen molar-refractivity contribution < 1.29 is 18.9 Å². The lowest BCUT2D eigenvalue weighted by atomic mass is 10.2. The Hall–Kier alpha value is -2.68. The molecule has 2 aromatic rings. The van der Waals surface area contributed by atoms with Crippen LogP contribution in [-0.4, -0.2) is 64.2 Å². The number of hydrogen-bond acceptors (Lipinski definition) is 8. The molecule has 14 heteroatoms. The summed E-state index contributed by atoms with van der Waals surface area (Å²) in [4.78, 5) is 0. The normalized spacial score (nSPS) is 10.8. The predicted molar refractivity (Wildman–Crippen MR) is 166 cm³/mol. The first kappa shape index (κ1) is 31.5. The summed E-state index contributed by atoms with van der Waals surface area (Å²) in [6, 6.07) is 7.44. The number of thiocarbonyl (C=S) groups is 2. The van der Waals surface area contributed by atoms with E-state index in [4.69, 9.17) is 43.4 Å². The molecule has 0 aliphatic carbocycles. The summed E-state index contributed by atoms with van der Waals surface area (Å²) in [6.45, 7) is 0.970. The molecule has 0 aromatic heterocycles. The van der Waals surface area contributed by atoms with Crippen molar-refractivity contribution in [2.75, 3.05) is 41.5 Å². The van der Waals surface area contributed by atoms with Crippen molar-refractivity contribution >= 4 is 78.9 Å². The highest BCUT2D eigenvalue weighted by Crippen LogP contribution is 2.37. The highest BCUT2D eigenvalue weighted by Gasteiger charge is 2.13. The lowest BCUT2D eigenvalue weighted by Gasteiger charge is -2.15. The average Bonchev–Trinajstić information content (AvgIpc) is 2.91. The average molecular weight is 690 g/mol. The summed E-state index contributed by atoms with van der Waals surface area (Å²) in [7, 11) is 6.62. The molecule has 4 N–H and O–H groups in total. The van der Waals surface area contributed by atoms with Gasteiger partial charge in [0.15, 0.2) is 33.2 Å². The van der Waals surface area contributed by atoms with Gasteiger partial charge in [-0.3, -0.25) is 10.9 Å². The molecule has 0 aliphatic rings. The minimum Gasteiger partial charge on any atom is -0.493 e. The van der Waals surface area contributed by atoms with Gasteiger partial charge in [0.25, 0.3) is 0 Å². The second-order valence-corrected chi connectivity index (χ2v) is 9.90. The molecule has 0 radical (unpaired) electrons. The maximum absolute atomic E-state index is 5.99. The van der Waals surface area contributed by atoms with Gasteiger partial charge in [-0.25, -0.2) is 0 Å². The van der Waals surface area contributed by atoms with Crippen molar-refractivity contribution in [3.8, 4) is 23.0 Å². The van der Waals surface area contributed by atoms with Crippen LogP contribution >= 0.6 is 56.3 Å². The van der Waals surface area contributed by atoms with E-state index in [1.54, 1.807) is 40.7 Å². The van der Waals surface area contributed by atoms with E-state index in [0.717, 1.165) is 32.9 Å². The third-order valence-corrected chi connectivity index (χ3v) is 6.52. The van der Waals surface area contributed by atoms with E-state index < -0.39 is 0 Å². The standard InChI is InChI=1S/C24H30Br2N6O4S2/c1-27-23(37)31-29-13-15-9-17(25)21(19(11-15)33-3)35-7-5-6-8-36-22-18(26)10-16(12-20(22)34-4)14-30-32-24(38)28-2/h9-14H,5-8H2,1-4H3,(H2,27,31,37)(H2,28,32,38). The van der Waals surface area contributed by atoms with Gasteiger partial charge in [-0.2, -0.15) is 10.2 Å². The number of rotatable bonds is 13. The van der Waals surface area contributed by atoms with Crippen LogP contribution < -0.4 is 40.4 Å². The number of halogens is 2. The number of ether oxygens (including phenoxy) is 4. The molecule has 0 saturated heterocycles. The van der Waals surface area contributed by atoms with Crippen LogP contribution in [0, 0.1) is 0 Å². The molecule has 0 bridgehead atoms. The van der Waals surface area contributed by atoms with E-state index in [1.807, 2.05) is 24.3 Å². The zero-order valence-corrected chi connectivity index (χ0v) is 26.2. The van der Waals surface area contributed by atoms with Crippen molar-refractivity contribution in [1.29, 1.82) is 0 Å². The first-order valence-corrected chi connectivity index (χ1v) is 13.7. The van der Waals surface area contributed by atoms with Crippen LogP contribution in [0.15, 0.2) is 43.4 Å². The smallest absolute Gasteiger partial charge is 0.186 e. The Bertz CT molecular complexity index is 1080. The maximum atomic E-state index is 5.99. The Balaban J connectivity index is 1.88. The fourth-order valence-corrected chi connectivity index (χ4v) is 4.16. The number of hydrazone groups is 2. The summed E-state index contributed by atoms with van der Waals surface area (Å²) in [5, 5.41) is 14.6. The van der Waals surface area contributed by atoms with Gasteiger partial charge in [0.1, 0.15) is 0 Å². The van der Waals surface area contributed by atoms with Crippen LogP contribution in [0.4, 0.5) is 0 Å². The molecule has 0 aliphatic heterocycles. The molecule has 0 spiro atoms. The van der Waals surface area contributed by atoms with E-state index in [2.05, 4.69) is 63.5 Å². The highest BCUT2D eigenvalue weighted by molar-refractivity contribution is 9.11. The zero-order valence-electron chi connectivity index (χ0n) is 21.4. The van der Waals surface area contributed by atoms with Crippen molar-refractivity contribution in [2.24, 2.45) is 10.2 Å². The van der Waals surface area contributed by atoms with Gasteiger partial charge >= 0.3 is 0 Å². The quantitative estimate of drug-likeness (QED) is 0.105. The summed E-state index contributed by atoms with van der Waals surface area (Å²) in [6.07, 6.45) is 4.82. The van der Waals surface area contributed by atoms with E-state index in [-0.39, 0.29) is 0 Å². The maximum Gasteiger partial charge on any atom is 0.186 e. The number of unbranched alkanes of at least 4 members (excludes halogenated alkanes) is 1. The zero-order chi connectivity index (χ0) is 27.9. The van der Waals surface area contributed by atoms with E-state index >= 15 is 0 Å². The van der Waals surface area contributed by atoms with E-state index in [1.165, 1.54) is 0 Å². The fourth-order valence-electron chi connectivity index (χ4n) is 2.90. The molecule has 0 saturated carbocycles. The molecule has 10 nitrogen and oxygen atoms in total. The highest BCUT2D eigenvalue weighted by atomic mass is 79.9. The van der Waals surface area contributed by atoms with E-state index in [9.17, 15) is 0 Å². The largest absolute Gasteiger partial charge is 0.493 e. The van der Waals surface area contributed by atoms with Crippen LogP contribution in [0.5, 0.6) is 23.0 Å². The molecule has 0 fully saturated rings. The fraction of sp³-hybridized carbons (Fsp3) is 0.333. The van der Waals surface area contributed by atoms with Gasteiger partial charge in [-0.05, 0) is 105 Å². The second kappa shape index (κ2) is 17.0. The van der Waals surface area contributed by atoms with Crippen LogP contribution in [0.2, 0.25) is 0 Å². The minimum absolute atomic E-state index is 0.423. The SMILES string of the molecule is CNC(=S)NN=Cc1cc(Br)c(OCCCCOc2c(Br)cc(C=NNC(=S)NC)cc2OC)c(OC)c1. The van der Waals surface area contributed by atoms with Crippen molar-refractivity contribution in [3.63, 3.8) is 0 Å². The number of nitrogens with zero attached hydrogens (tertiary/aromatic N) is 2. The monoisotopic (exact) mass is 688 g/mol. The summed E-state index contributed by atoms with van der Waals surface area (Å²) in [5.41, 5.74) is 7.05. The van der Waals surface area contributed by atoms with Gasteiger partial charge in [-0.1, -0.05) is 0 Å². The van der Waals surface area contributed by atoms with Gasteiger partial charge in [-0.15, -0.1) is 0 Å². The van der Waals surface area contributed by atoms with Gasteiger partial charge < -0.3 is 29.6 Å². The Morgan fingerprint density at radius 2 is 1.16 bits per heavy atom. The topological polar surface area (TPSA) is 110 Å². The summed E-state index contributed by atoms with van der Waals surface area (Å²) < 4.78 is 24.5. The lowest BCUT2D eigenvalue weighted by molar-refractivity contribution is 0.250. The van der Waals surface area contributed by atoms with Gasteiger partial charge in [0.05, 0.1) is 48.8 Å². The van der Waals surface area contributed by atoms with Gasteiger partial charge in [0, 0.05) is 14.1 Å². The molecular formula is C24H30Br2N6O4S2. The summed E-state index contributed by atoms with van der Waals surface area (Å²) in [5.74, 6) is 2.42. The third-order valence-electron chi connectivity index (χ3n) is 4.75. The molecule has 0 atom stereocenters. The summed E-state index contributed by atoms with van der Waals surface area (Å²) >= 11 is 17.1. The second-order valence-electron chi connectivity index (χ2n) is 7.37. The van der Waals surface area contributed by atoms with E-state index in [0.29, 0.717) is 46.4 Å². The third kappa shape index (κ3) is 10.2. The van der Waals surface area contributed by atoms with Crippen LogP contribution in [0.3, 0.4) is 0 Å².